The molecule has 23 heavy (non-hydrogen) atoms. The first kappa shape index (κ1) is 13.8. The van der Waals surface area contributed by atoms with Crippen LogP contribution in [0.5, 0.6) is 5.75 Å². The Morgan fingerprint density at radius 1 is 1.22 bits per heavy atom. The highest BCUT2D eigenvalue weighted by Gasteiger charge is 2.29. The Morgan fingerprint density at radius 3 is 2.65 bits per heavy atom. The highest BCUT2D eigenvalue weighted by atomic mass is 19.1. The van der Waals surface area contributed by atoms with E-state index in [9.17, 15) is 14.3 Å². The Hall–Kier alpha value is -2.82. The molecule has 0 spiro atoms. The first-order valence-electron chi connectivity index (χ1n) is 7.29. The average Bonchev–Trinajstić information content (AvgIpc) is 3.07. The van der Waals surface area contributed by atoms with Gasteiger partial charge in [0, 0.05) is 22.9 Å². The second-order valence-corrected chi connectivity index (χ2v) is 5.67. The molecule has 0 saturated carbocycles. The third-order valence-electron chi connectivity index (χ3n) is 4.06. The van der Waals surface area contributed by atoms with Gasteiger partial charge in [-0.25, -0.2) is 9.18 Å². The van der Waals surface area contributed by atoms with Crippen molar-refractivity contribution in [2.45, 2.75) is 19.4 Å². The summed E-state index contributed by atoms with van der Waals surface area (Å²) >= 11 is 0. The van der Waals surface area contributed by atoms with Crippen molar-refractivity contribution >= 4 is 16.9 Å². The molecule has 2 aromatic carbocycles. The van der Waals surface area contributed by atoms with Gasteiger partial charge in [-0.15, -0.1) is 0 Å². The normalized spacial score (nSPS) is 16.3. The lowest BCUT2D eigenvalue weighted by Crippen LogP contribution is -2.05. The van der Waals surface area contributed by atoms with Crippen LogP contribution in [0.4, 0.5) is 4.39 Å². The zero-order chi connectivity index (χ0) is 16.1. The number of furan rings is 1. The molecule has 1 aliphatic rings. The maximum atomic E-state index is 13.1. The summed E-state index contributed by atoms with van der Waals surface area (Å²) in [6.45, 7) is 1.94. The average molecular weight is 312 g/mol. The van der Waals surface area contributed by atoms with Crippen molar-refractivity contribution in [3.05, 3.63) is 53.3 Å². The van der Waals surface area contributed by atoms with Crippen molar-refractivity contribution in [2.75, 3.05) is 0 Å². The highest BCUT2D eigenvalue weighted by molar-refractivity contribution is 6.09. The molecule has 1 unspecified atom stereocenters. The number of hydrogen-bond donors (Lipinski definition) is 1. The fourth-order valence-corrected chi connectivity index (χ4v) is 3.11. The number of hydrogen-bond acceptors (Lipinski definition) is 3. The van der Waals surface area contributed by atoms with E-state index in [0.29, 0.717) is 28.7 Å². The summed E-state index contributed by atoms with van der Waals surface area (Å²) in [7, 11) is 0. The Kier molecular flexibility index (Phi) is 2.91. The fraction of sp³-hybridized carbons (Fsp3) is 0.167. The third kappa shape index (κ3) is 2.08. The summed E-state index contributed by atoms with van der Waals surface area (Å²) in [6, 6.07) is 9.10. The molecule has 0 bridgehead atoms. The van der Waals surface area contributed by atoms with Crippen molar-refractivity contribution in [3.63, 3.8) is 0 Å². The monoisotopic (exact) mass is 312 g/mol. The predicted molar refractivity (Wildman–Crippen MR) is 82.4 cm³/mol. The van der Waals surface area contributed by atoms with Gasteiger partial charge in [-0.3, -0.25) is 0 Å². The van der Waals surface area contributed by atoms with Gasteiger partial charge in [0.1, 0.15) is 34.6 Å². The summed E-state index contributed by atoms with van der Waals surface area (Å²) in [5, 5.41) is 10.3. The lowest BCUT2D eigenvalue weighted by molar-refractivity contribution is 0.0699. The molecule has 0 saturated heterocycles. The zero-order valence-corrected chi connectivity index (χ0v) is 12.3. The van der Waals surface area contributed by atoms with E-state index in [-0.39, 0.29) is 23.2 Å². The molecule has 4 rings (SSSR count). The summed E-state index contributed by atoms with van der Waals surface area (Å²) in [6.07, 6.45) is 0.636. The minimum atomic E-state index is -1.07. The van der Waals surface area contributed by atoms with Gasteiger partial charge in [-0.1, -0.05) is 0 Å². The summed E-state index contributed by atoms with van der Waals surface area (Å²) in [4.78, 5) is 11.8. The number of benzene rings is 2. The summed E-state index contributed by atoms with van der Waals surface area (Å²) in [5.74, 6) is -0.528. The molecular weight excluding hydrogens is 299 g/mol. The van der Waals surface area contributed by atoms with Gasteiger partial charge in [0.15, 0.2) is 0 Å². The second-order valence-electron chi connectivity index (χ2n) is 5.67. The molecule has 1 aromatic heterocycles. The van der Waals surface area contributed by atoms with Gasteiger partial charge in [-0.2, -0.15) is 0 Å². The number of aromatic carboxylic acids is 1. The van der Waals surface area contributed by atoms with Crippen molar-refractivity contribution < 1.29 is 23.4 Å². The van der Waals surface area contributed by atoms with E-state index >= 15 is 0 Å². The second kappa shape index (κ2) is 4.84. The Balaban J connectivity index is 2.03. The van der Waals surface area contributed by atoms with Gasteiger partial charge in [-0.05, 0) is 43.3 Å². The third-order valence-corrected chi connectivity index (χ3v) is 4.06. The Morgan fingerprint density at radius 2 is 1.96 bits per heavy atom. The minimum Gasteiger partial charge on any atom is -0.490 e. The lowest BCUT2D eigenvalue weighted by Gasteiger charge is -2.01. The SMILES string of the molecule is CC1Cc2c(ccc3oc(-c4ccc(F)cc4)c(C(=O)O)c23)O1. The van der Waals surface area contributed by atoms with Crippen LogP contribution in [0.2, 0.25) is 0 Å². The van der Waals surface area contributed by atoms with Crippen LogP contribution >= 0.6 is 0 Å². The van der Waals surface area contributed by atoms with Gasteiger partial charge < -0.3 is 14.3 Å². The fourth-order valence-electron chi connectivity index (χ4n) is 3.11. The number of fused-ring (bicyclic) bond motifs is 3. The molecule has 2 heterocycles. The van der Waals surface area contributed by atoms with E-state index in [1.54, 1.807) is 12.1 Å². The van der Waals surface area contributed by atoms with Gasteiger partial charge >= 0.3 is 5.97 Å². The van der Waals surface area contributed by atoms with Crippen LogP contribution in [0.3, 0.4) is 0 Å². The molecule has 0 amide bonds. The molecule has 3 aromatic rings. The standard InChI is InChI=1S/C18H13FO4/c1-9-8-12-13(22-9)6-7-14-15(12)16(18(20)21)17(23-14)10-2-4-11(19)5-3-10/h2-7,9H,8H2,1H3,(H,20,21). The molecule has 5 heteroatoms. The van der Waals surface area contributed by atoms with Crippen molar-refractivity contribution in [2.24, 2.45) is 0 Å². The largest absolute Gasteiger partial charge is 0.490 e. The van der Waals surface area contributed by atoms with E-state index in [1.807, 2.05) is 6.92 Å². The first-order chi connectivity index (χ1) is 11.0. The Labute approximate surface area is 131 Å². The van der Waals surface area contributed by atoms with Crippen molar-refractivity contribution in [3.8, 4) is 17.1 Å². The van der Waals surface area contributed by atoms with Crippen molar-refractivity contribution in [1.82, 2.24) is 0 Å². The van der Waals surface area contributed by atoms with E-state index in [0.717, 1.165) is 5.56 Å². The molecule has 116 valence electrons. The van der Waals surface area contributed by atoms with Crippen LogP contribution in [-0.4, -0.2) is 17.2 Å². The highest BCUT2D eigenvalue weighted by Crippen LogP contribution is 2.42. The van der Waals surface area contributed by atoms with E-state index < -0.39 is 5.97 Å². The zero-order valence-electron chi connectivity index (χ0n) is 12.3. The quantitative estimate of drug-likeness (QED) is 0.768. The summed E-state index contributed by atoms with van der Waals surface area (Å²) < 4.78 is 24.6. The Bertz CT molecular complexity index is 924. The van der Waals surface area contributed by atoms with Crippen LogP contribution < -0.4 is 4.74 Å². The topological polar surface area (TPSA) is 59.7 Å². The number of halogens is 1. The molecule has 1 N–H and O–H groups in total. The smallest absolute Gasteiger partial charge is 0.340 e. The molecule has 0 fully saturated rings. The van der Waals surface area contributed by atoms with E-state index in [1.165, 1.54) is 24.3 Å². The van der Waals surface area contributed by atoms with Crippen molar-refractivity contribution in [1.29, 1.82) is 0 Å². The van der Waals surface area contributed by atoms with Gasteiger partial charge in [0.25, 0.3) is 0 Å². The first-order valence-corrected chi connectivity index (χ1v) is 7.29. The molecule has 0 aliphatic carbocycles. The number of carboxylic acids is 1. The van der Waals surface area contributed by atoms with E-state index in [2.05, 4.69) is 0 Å². The number of carbonyl (C=O) groups is 1. The van der Waals surface area contributed by atoms with Crippen LogP contribution in [0.1, 0.15) is 22.8 Å². The summed E-state index contributed by atoms with van der Waals surface area (Å²) in [5.41, 5.74) is 1.98. The predicted octanol–water partition coefficient (Wildman–Crippen LogP) is 4.26. The maximum Gasteiger partial charge on any atom is 0.340 e. The van der Waals surface area contributed by atoms with Crippen LogP contribution in [0.15, 0.2) is 40.8 Å². The minimum absolute atomic E-state index is 0.00131. The maximum absolute atomic E-state index is 13.1. The lowest BCUT2D eigenvalue weighted by atomic mass is 9.99. The van der Waals surface area contributed by atoms with Crippen LogP contribution in [-0.2, 0) is 6.42 Å². The van der Waals surface area contributed by atoms with Gasteiger partial charge in [0.05, 0.1) is 0 Å². The molecule has 1 atom stereocenters. The van der Waals surface area contributed by atoms with Crippen LogP contribution in [0, 0.1) is 5.82 Å². The van der Waals surface area contributed by atoms with Crippen LogP contribution in [0.25, 0.3) is 22.3 Å². The number of carboxylic acid groups (broad SMARTS) is 1. The molecule has 4 nitrogen and oxygen atoms in total. The molecular formula is C18H13FO4. The number of ether oxygens (including phenoxy) is 1. The van der Waals surface area contributed by atoms with Gasteiger partial charge in [0.2, 0.25) is 0 Å². The number of rotatable bonds is 2. The molecule has 0 radical (unpaired) electrons. The molecule has 1 aliphatic heterocycles. The van der Waals surface area contributed by atoms with E-state index in [4.69, 9.17) is 9.15 Å².